The molecule has 6 nitrogen and oxygen atoms in total. The molecule has 2 heterocycles. The summed E-state index contributed by atoms with van der Waals surface area (Å²) in [6, 6.07) is 11.0. The monoisotopic (exact) mass is 419 g/mol. The molecule has 0 saturated carbocycles. The summed E-state index contributed by atoms with van der Waals surface area (Å²) in [5.41, 5.74) is 3.72. The second-order valence-corrected chi connectivity index (χ2v) is 9.34. The number of ether oxygens (including phenoxy) is 1. The van der Waals surface area contributed by atoms with Gasteiger partial charge in [0, 0.05) is 40.7 Å². The molecule has 5 rings (SSSR count). The van der Waals surface area contributed by atoms with Gasteiger partial charge in [-0.15, -0.1) is 0 Å². The minimum absolute atomic E-state index is 0.0564. The molecule has 2 aromatic carbocycles. The Balaban J connectivity index is 1.64. The summed E-state index contributed by atoms with van der Waals surface area (Å²) in [6.07, 6.45) is 0. The zero-order chi connectivity index (χ0) is 21.0. The van der Waals surface area contributed by atoms with Crippen LogP contribution in [0.2, 0.25) is 0 Å². The molecule has 30 heavy (non-hydrogen) atoms. The van der Waals surface area contributed by atoms with Gasteiger partial charge in [0.2, 0.25) is 0 Å². The van der Waals surface area contributed by atoms with Gasteiger partial charge in [-0.3, -0.25) is 4.79 Å². The molecule has 7 heteroatoms. The molecule has 1 aliphatic carbocycles. The summed E-state index contributed by atoms with van der Waals surface area (Å²) in [4.78, 5) is 17.6. The molecule has 0 bridgehead atoms. The SMILES string of the molecule is CC1(C)c2cc(O)c(SN3CCOCC3)cc2C(=O)c2c1[nH]c1cc(C#N)ccc21. The number of benzene rings is 2. The van der Waals surface area contributed by atoms with E-state index in [-0.39, 0.29) is 11.5 Å². The minimum atomic E-state index is -0.496. The maximum absolute atomic E-state index is 13.6. The Morgan fingerprint density at radius 2 is 2.00 bits per heavy atom. The van der Waals surface area contributed by atoms with E-state index < -0.39 is 5.41 Å². The number of carbonyl (C=O) groups excluding carboxylic acids is 1. The number of nitriles is 1. The minimum Gasteiger partial charge on any atom is -0.507 e. The van der Waals surface area contributed by atoms with Crippen molar-refractivity contribution in [1.82, 2.24) is 9.29 Å². The second kappa shape index (κ2) is 6.88. The van der Waals surface area contributed by atoms with E-state index in [1.807, 2.05) is 26.0 Å². The predicted octanol–water partition coefficient (Wildman–Crippen LogP) is 3.95. The highest BCUT2D eigenvalue weighted by Crippen LogP contribution is 2.47. The van der Waals surface area contributed by atoms with Gasteiger partial charge < -0.3 is 14.8 Å². The summed E-state index contributed by atoms with van der Waals surface area (Å²) < 4.78 is 7.54. The number of H-pyrrole nitrogens is 1. The Labute approximate surface area is 178 Å². The zero-order valence-electron chi connectivity index (χ0n) is 16.8. The molecule has 2 N–H and O–H groups in total. The molecule has 2 aliphatic rings. The number of hydrogen-bond donors (Lipinski definition) is 2. The average Bonchev–Trinajstić information content (AvgIpc) is 3.14. The van der Waals surface area contributed by atoms with Crippen molar-refractivity contribution in [2.75, 3.05) is 26.3 Å². The first-order valence-electron chi connectivity index (χ1n) is 9.89. The summed E-state index contributed by atoms with van der Waals surface area (Å²) in [7, 11) is 0. The third kappa shape index (κ3) is 2.83. The lowest BCUT2D eigenvalue weighted by molar-refractivity contribution is 0.0773. The molecular weight excluding hydrogens is 398 g/mol. The molecule has 0 spiro atoms. The van der Waals surface area contributed by atoms with Crippen LogP contribution in [-0.2, 0) is 10.2 Å². The van der Waals surface area contributed by atoms with Crippen LogP contribution < -0.4 is 0 Å². The van der Waals surface area contributed by atoms with Crippen LogP contribution in [0.3, 0.4) is 0 Å². The molecule has 0 unspecified atom stereocenters. The van der Waals surface area contributed by atoms with Crippen molar-refractivity contribution in [2.24, 2.45) is 0 Å². The normalized spacial score (nSPS) is 18.1. The fourth-order valence-corrected chi connectivity index (χ4v) is 5.30. The first kappa shape index (κ1) is 19.2. The van der Waals surface area contributed by atoms with E-state index in [9.17, 15) is 15.2 Å². The van der Waals surface area contributed by atoms with E-state index in [1.165, 1.54) is 11.9 Å². The van der Waals surface area contributed by atoms with Gasteiger partial charge in [-0.25, -0.2) is 4.31 Å². The highest BCUT2D eigenvalue weighted by Gasteiger charge is 2.40. The van der Waals surface area contributed by atoms with Crippen molar-refractivity contribution in [1.29, 1.82) is 5.26 Å². The second-order valence-electron chi connectivity index (χ2n) is 8.20. The van der Waals surface area contributed by atoms with Crippen LogP contribution in [-0.4, -0.2) is 46.5 Å². The van der Waals surface area contributed by atoms with Crippen molar-refractivity contribution in [3.8, 4) is 11.8 Å². The first-order chi connectivity index (χ1) is 14.4. The van der Waals surface area contributed by atoms with E-state index in [4.69, 9.17) is 4.74 Å². The number of aromatic hydroxyl groups is 1. The molecule has 3 aromatic rings. The van der Waals surface area contributed by atoms with Gasteiger partial charge in [-0.05, 0) is 41.8 Å². The van der Waals surface area contributed by atoms with Crippen molar-refractivity contribution >= 4 is 28.6 Å². The Bertz CT molecular complexity index is 1230. The number of rotatable bonds is 2. The van der Waals surface area contributed by atoms with Gasteiger partial charge in [0.15, 0.2) is 5.78 Å². The van der Waals surface area contributed by atoms with E-state index in [1.54, 1.807) is 18.2 Å². The van der Waals surface area contributed by atoms with Crippen LogP contribution in [0, 0.1) is 11.3 Å². The summed E-state index contributed by atoms with van der Waals surface area (Å²) in [6.45, 7) is 6.96. The number of aromatic nitrogens is 1. The van der Waals surface area contributed by atoms with Crippen LogP contribution in [0.1, 0.15) is 46.6 Å². The van der Waals surface area contributed by atoms with Gasteiger partial charge in [-0.2, -0.15) is 5.26 Å². The van der Waals surface area contributed by atoms with E-state index >= 15 is 0 Å². The number of nitrogens with one attached hydrogen (secondary N) is 1. The number of aromatic amines is 1. The first-order valence-corrected chi connectivity index (χ1v) is 10.7. The van der Waals surface area contributed by atoms with Crippen molar-refractivity contribution in [2.45, 2.75) is 24.2 Å². The van der Waals surface area contributed by atoms with Crippen LogP contribution in [0.4, 0.5) is 0 Å². The number of nitrogens with zero attached hydrogens (tertiary/aromatic N) is 2. The molecule has 152 valence electrons. The molecule has 0 radical (unpaired) electrons. The standard InChI is InChI=1S/C23H21N3O3S/c1-23(2)16-11-18(27)19(30-26-5-7-29-8-6-26)10-15(16)21(28)20-14-4-3-13(12-24)9-17(14)25-22(20)23/h3-4,9-11,25,27H,5-8H2,1-2H3. The van der Waals surface area contributed by atoms with E-state index in [0.29, 0.717) is 34.8 Å². The lowest BCUT2D eigenvalue weighted by Gasteiger charge is -2.33. The van der Waals surface area contributed by atoms with Crippen LogP contribution in [0.5, 0.6) is 5.75 Å². The Kier molecular flexibility index (Phi) is 4.40. The van der Waals surface area contributed by atoms with Gasteiger partial charge in [0.1, 0.15) is 5.75 Å². The molecule has 1 saturated heterocycles. The number of carbonyl (C=O) groups is 1. The van der Waals surface area contributed by atoms with E-state index in [2.05, 4.69) is 15.4 Å². The van der Waals surface area contributed by atoms with Gasteiger partial charge in [0.25, 0.3) is 0 Å². The van der Waals surface area contributed by atoms with Gasteiger partial charge in [0.05, 0.1) is 35.3 Å². The number of hydrogen-bond acceptors (Lipinski definition) is 6. The Morgan fingerprint density at radius 1 is 1.23 bits per heavy atom. The van der Waals surface area contributed by atoms with Crippen LogP contribution in [0.25, 0.3) is 10.9 Å². The summed E-state index contributed by atoms with van der Waals surface area (Å²) >= 11 is 1.47. The largest absolute Gasteiger partial charge is 0.507 e. The zero-order valence-corrected chi connectivity index (χ0v) is 17.6. The smallest absolute Gasteiger partial charge is 0.195 e. The van der Waals surface area contributed by atoms with Gasteiger partial charge >= 0.3 is 0 Å². The molecular formula is C23H21N3O3S. The van der Waals surface area contributed by atoms with E-state index in [0.717, 1.165) is 35.2 Å². The molecule has 1 fully saturated rings. The number of phenolic OH excluding ortho intramolecular Hbond substituents is 1. The number of ketones is 1. The quantitative estimate of drug-likeness (QED) is 0.612. The fourth-order valence-electron chi connectivity index (χ4n) is 4.36. The van der Waals surface area contributed by atoms with Crippen LogP contribution in [0.15, 0.2) is 35.2 Å². The highest BCUT2D eigenvalue weighted by molar-refractivity contribution is 7.97. The third-order valence-corrected chi connectivity index (χ3v) is 7.14. The van der Waals surface area contributed by atoms with Crippen molar-refractivity contribution in [3.63, 3.8) is 0 Å². The lowest BCUT2D eigenvalue weighted by atomic mass is 9.71. The fraction of sp³-hybridized carbons (Fsp3) is 0.304. The van der Waals surface area contributed by atoms with Crippen LogP contribution >= 0.6 is 11.9 Å². The van der Waals surface area contributed by atoms with Crippen molar-refractivity contribution < 1.29 is 14.6 Å². The Hall–Kier alpha value is -2.79. The molecule has 0 atom stereocenters. The number of fused-ring (bicyclic) bond motifs is 4. The summed E-state index contributed by atoms with van der Waals surface area (Å²) in [5.74, 6) is 0.122. The van der Waals surface area contributed by atoms with Gasteiger partial charge in [-0.1, -0.05) is 19.9 Å². The predicted molar refractivity (Wildman–Crippen MR) is 115 cm³/mol. The third-order valence-electron chi connectivity index (χ3n) is 5.99. The maximum Gasteiger partial charge on any atom is 0.195 e. The Morgan fingerprint density at radius 3 is 2.73 bits per heavy atom. The maximum atomic E-state index is 13.6. The summed E-state index contributed by atoms with van der Waals surface area (Å²) in [5, 5.41) is 20.8. The topological polar surface area (TPSA) is 89.3 Å². The molecule has 0 amide bonds. The molecule has 1 aliphatic heterocycles. The van der Waals surface area contributed by atoms with Crippen molar-refractivity contribution in [3.05, 3.63) is 58.3 Å². The average molecular weight is 420 g/mol. The molecule has 1 aromatic heterocycles. The number of phenols is 1. The number of morpholine rings is 1. The highest BCUT2D eigenvalue weighted by atomic mass is 32.2. The lowest BCUT2D eigenvalue weighted by Crippen LogP contribution is -2.31.